The van der Waals surface area contributed by atoms with Crippen molar-refractivity contribution in [3.63, 3.8) is 0 Å². The van der Waals surface area contributed by atoms with Gasteiger partial charge in [0.1, 0.15) is 17.2 Å². The van der Waals surface area contributed by atoms with E-state index in [1.807, 2.05) is 13.8 Å². The summed E-state index contributed by atoms with van der Waals surface area (Å²) in [5.41, 5.74) is -3.22. The molecule has 0 spiro atoms. The average molecular weight is 531 g/mol. The molecule has 0 bridgehead atoms. The summed E-state index contributed by atoms with van der Waals surface area (Å²) in [6, 6.07) is -0.867. The number of likely N-dealkylation sites (tertiary alicyclic amines) is 1. The number of carbonyl (C=O) groups is 4. The van der Waals surface area contributed by atoms with Crippen LogP contribution in [0.4, 0.5) is 9.59 Å². The van der Waals surface area contributed by atoms with Gasteiger partial charge in [-0.1, -0.05) is 27.2 Å². The van der Waals surface area contributed by atoms with Crippen LogP contribution >= 0.6 is 0 Å². The third-order valence-corrected chi connectivity index (χ3v) is 5.08. The number of nitrogens with one attached hydrogen (secondary N) is 2. The molecular formula is C24H46BN3O9. The van der Waals surface area contributed by atoms with Gasteiger partial charge in [0.15, 0.2) is 5.54 Å². The van der Waals surface area contributed by atoms with Crippen molar-refractivity contribution in [1.82, 2.24) is 15.5 Å². The normalized spacial score (nSPS) is 20.5. The highest BCUT2D eigenvalue weighted by molar-refractivity contribution is 6.40. The van der Waals surface area contributed by atoms with E-state index in [2.05, 4.69) is 10.6 Å². The molecule has 1 aliphatic heterocycles. The van der Waals surface area contributed by atoms with E-state index in [0.29, 0.717) is 25.7 Å². The number of carbonyl (C=O) groups excluding carboxylic acids is 3. The van der Waals surface area contributed by atoms with Gasteiger partial charge in [0.25, 0.3) is 0 Å². The van der Waals surface area contributed by atoms with Crippen LogP contribution in [0.2, 0.25) is 6.32 Å². The molecule has 0 aromatic heterocycles. The predicted octanol–water partition coefficient (Wildman–Crippen LogP) is 2.38. The number of carboxylic acids is 1. The zero-order valence-corrected chi connectivity index (χ0v) is 23.7. The Morgan fingerprint density at radius 3 is 1.92 bits per heavy atom. The van der Waals surface area contributed by atoms with Crippen molar-refractivity contribution in [3.8, 4) is 0 Å². The van der Waals surface area contributed by atoms with E-state index in [1.165, 1.54) is 4.90 Å². The van der Waals surface area contributed by atoms with Crippen molar-refractivity contribution >= 4 is 31.2 Å². The van der Waals surface area contributed by atoms with Gasteiger partial charge in [-0.15, -0.1) is 0 Å². The summed E-state index contributed by atoms with van der Waals surface area (Å²) in [5.74, 6) is -1.87. The van der Waals surface area contributed by atoms with Gasteiger partial charge in [-0.2, -0.15) is 0 Å². The highest BCUT2D eigenvalue weighted by atomic mass is 16.6. The van der Waals surface area contributed by atoms with Crippen LogP contribution in [0, 0.1) is 5.92 Å². The van der Waals surface area contributed by atoms with E-state index in [0.717, 1.165) is 0 Å². The number of piperidine rings is 1. The van der Waals surface area contributed by atoms with Crippen LogP contribution in [0.3, 0.4) is 0 Å². The predicted molar refractivity (Wildman–Crippen MR) is 139 cm³/mol. The molecule has 1 rings (SSSR count). The van der Waals surface area contributed by atoms with Crippen molar-refractivity contribution in [2.24, 2.45) is 5.92 Å². The molecule has 1 saturated heterocycles. The summed E-state index contributed by atoms with van der Waals surface area (Å²) >= 11 is 0. The standard InChI is InChI=1S/C22H39N3O7.C2H7BO2/c1-9-10-15(23-18(29)31-20(3,4)5)16(26)25-12-14(2)11-22(13-25,17(27)28)24-19(30)32-21(6,7)8;1-2-3(4)5/h14-15H,9-13H2,1-8H3,(H,23,29)(H,24,30)(H,27,28);4-5H,2H2,1H3/t14-,15-,22+;/m0./s1. The number of aliphatic carboxylic acids is 1. The maximum atomic E-state index is 13.3. The van der Waals surface area contributed by atoms with E-state index in [1.54, 1.807) is 48.5 Å². The first kappa shape index (κ1) is 34.5. The second-order valence-corrected chi connectivity index (χ2v) is 11.4. The molecule has 12 nitrogen and oxygen atoms in total. The van der Waals surface area contributed by atoms with Crippen LogP contribution in [0.25, 0.3) is 0 Å². The SMILES string of the molecule is CCB(O)O.CCC[C@H](NC(=O)OC(C)(C)C)C(=O)N1C[C@@H](C)C[C@](NC(=O)OC(C)(C)C)(C(=O)O)C1. The number of nitrogens with zero attached hydrogens (tertiary/aromatic N) is 1. The van der Waals surface area contributed by atoms with Crippen molar-refractivity contribution < 1.29 is 43.8 Å². The first-order valence-electron chi connectivity index (χ1n) is 12.6. The molecule has 13 heteroatoms. The van der Waals surface area contributed by atoms with Crippen molar-refractivity contribution in [3.05, 3.63) is 0 Å². The number of amides is 3. The van der Waals surface area contributed by atoms with Crippen LogP contribution in [0.15, 0.2) is 0 Å². The molecule has 0 unspecified atom stereocenters. The van der Waals surface area contributed by atoms with Crippen LogP contribution in [0.5, 0.6) is 0 Å². The fourth-order valence-electron chi connectivity index (χ4n) is 3.67. The molecule has 0 saturated carbocycles. The minimum absolute atomic E-state index is 0.142. The van der Waals surface area contributed by atoms with Gasteiger partial charge in [0, 0.05) is 6.54 Å². The molecule has 1 fully saturated rings. The lowest BCUT2D eigenvalue weighted by atomic mass is 9.83. The Kier molecular flexibility index (Phi) is 13.4. The van der Waals surface area contributed by atoms with Gasteiger partial charge in [-0.05, 0) is 66.6 Å². The summed E-state index contributed by atoms with van der Waals surface area (Å²) < 4.78 is 10.5. The Morgan fingerprint density at radius 2 is 1.51 bits per heavy atom. The van der Waals surface area contributed by atoms with Gasteiger partial charge < -0.3 is 40.2 Å². The Labute approximate surface area is 220 Å². The summed E-state index contributed by atoms with van der Waals surface area (Å²) in [7, 11) is -1.12. The molecule has 3 amide bonds. The van der Waals surface area contributed by atoms with E-state index in [4.69, 9.17) is 19.5 Å². The number of hydrogen-bond donors (Lipinski definition) is 5. The van der Waals surface area contributed by atoms with E-state index in [-0.39, 0.29) is 18.9 Å². The summed E-state index contributed by atoms with van der Waals surface area (Å²) in [5, 5.41) is 30.9. The number of carboxylic acid groups (broad SMARTS) is 1. The molecule has 0 aliphatic carbocycles. The van der Waals surface area contributed by atoms with E-state index >= 15 is 0 Å². The van der Waals surface area contributed by atoms with Crippen LogP contribution < -0.4 is 10.6 Å². The Bertz CT molecular complexity index is 780. The Balaban J connectivity index is 0.00000235. The lowest BCUT2D eigenvalue weighted by Gasteiger charge is -2.44. The van der Waals surface area contributed by atoms with Crippen molar-refractivity contribution in [1.29, 1.82) is 0 Å². The lowest BCUT2D eigenvalue weighted by molar-refractivity contribution is -0.151. The first-order valence-corrected chi connectivity index (χ1v) is 12.6. The second-order valence-electron chi connectivity index (χ2n) is 11.4. The minimum Gasteiger partial charge on any atom is -0.479 e. The fraction of sp³-hybridized carbons (Fsp3) is 0.833. The summed E-state index contributed by atoms with van der Waals surface area (Å²) in [6.07, 6.45) is -0.0362. The number of hydrogen-bond acceptors (Lipinski definition) is 8. The smallest absolute Gasteiger partial charge is 0.451 e. The molecule has 214 valence electrons. The quantitative estimate of drug-likeness (QED) is 0.309. The topological polar surface area (TPSA) is 175 Å². The maximum Gasteiger partial charge on any atom is 0.451 e. The molecule has 3 atom stereocenters. The lowest BCUT2D eigenvalue weighted by Crippen LogP contribution is -2.67. The number of ether oxygens (including phenoxy) is 2. The number of alkyl carbamates (subject to hydrolysis) is 2. The molecule has 0 aromatic carbocycles. The largest absolute Gasteiger partial charge is 0.479 e. The van der Waals surface area contributed by atoms with Gasteiger partial charge in [-0.3, -0.25) is 4.79 Å². The van der Waals surface area contributed by atoms with Crippen LogP contribution in [0.1, 0.15) is 81.6 Å². The zero-order chi connectivity index (χ0) is 29.2. The maximum absolute atomic E-state index is 13.3. The molecular weight excluding hydrogens is 485 g/mol. The third kappa shape index (κ3) is 13.5. The molecule has 0 aromatic rings. The van der Waals surface area contributed by atoms with Crippen molar-refractivity contribution in [2.45, 2.75) is 111 Å². The summed E-state index contributed by atoms with van der Waals surface area (Å²) in [6.45, 7) is 15.7. The highest BCUT2D eigenvalue weighted by Gasteiger charge is 2.48. The first-order chi connectivity index (χ1) is 16.7. The van der Waals surface area contributed by atoms with E-state index in [9.17, 15) is 24.3 Å². The van der Waals surface area contributed by atoms with E-state index < -0.39 is 54.0 Å². The minimum atomic E-state index is -1.70. The van der Waals surface area contributed by atoms with Gasteiger partial charge in [0.05, 0.1) is 6.54 Å². The molecule has 37 heavy (non-hydrogen) atoms. The van der Waals surface area contributed by atoms with Gasteiger partial charge in [-0.25, -0.2) is 14.4 Å². The third-order valence-electron chi connectivity index (χ3n) is 5.08. The van der Waals surface area contributed by atoms with Crippen molar-refractivity contribution in [2.75, 3.05) is 13.1 Å². The van der Waals surface area contributed by atoms with Gasteiger partial charge >= 0.3 is 25.3 Å². The van der Waals surface area contributed by atoms with Crippen LogP contribution in [-0.4, -0.2) is 87.1 Å². The fourth-order valence-corrected chi connectivity index (χ4v) is 3.67. The molecule has 5 N–H and O–H groups in total. The Morgan fingerprint density at radius 1 is 1.03 bits per heavy atom. The monoisotopic (exact) mass is 531 g/mol. The second kappa shape index (κ2) is 14.4. The molecule has 1 aliphatic rings. The Hall–Kier alpha value is -2.54. The highest BCUT2D eigenvalue weighted by Crippen LogP contribution is 2.27. The molecule has 1 heterocycles. The summed E-state index contributed by atoms with van der Waals surface area (Å²) in [4.78, 5) is 51.5. The molecule has 0 radical (unpaired) electrons. The zero-order valence-electron chi connectivity index (χ0n) is 23.7. The van der Waals surface area contributed by atoms with Gasteiger partial charge in [0.2, 0.25) is 5.91 Å². The number of rotatable bonds is 7. The van der Waals surface area contributed by atoms with Crippen LogP contribution in [-0.2, 0) is 19.1 Å². The average Bonchev–Trinajstić information content (AvgIpc) is 2.69.